The maximum atomic E-state index is 14.2. The van der Waals surface area contributed by atoms with Crippen LogP contribution in [0.5, 0.6) is 23.1 Å². The Morgan fingerprint density at radius 1 is 1.08 bits per heavy atom. The zero-order valence-electron chi connectivity index (χ0n) is 20.2. The predicted molar refractivity (Wildman–Crippen MR) is 130 cm³/mol. The molecule has 1 heterocycles. The van der Waals surface area contributed by atoms with E-state index in [0.717, 1.165) is 18.0 Å². The minimum absolute atomic E-state index is 0.0263. The first kappa shape index (κ1) is 27.1. The molecule has 0 aliphatic heterocycles. The molecular formula is C24H28FN3O7S. The number of benzene rings is 2. The minimum atomic E-state index is -4.14. The van der Waals surface area contributed by atoms with E-state index in [1.807, 2.05) is 20.8 Å². The largest absolute Gasteiger partial charge is 0.490 e. The lowest BCUT2D eigenvalue weighted by molar-refractivity contribution is 0.0513. The van der Waals surface area contributed by atoms with Gasteiger partial charge in [0.15, 0.2) is 23.1 Å². The van der Waals surface area contributed by atoms with Crippen LogP contribution in [0.4, 0.5) is 10.2 Å². The number of sulfonamides is 1. The van der Waals surface area contributed by atoms with Crippen molar-refractivity contribution in [2.24, 2.45) is 0 Å². The van der Waals surface area contributed by atoms with Crippen LogP contribution >= 0.6 is 0 Å². The van der Waals surface area contributed by atoms with Crippen LogP contribution in [0.2, 0.25) is 0 Å². The lowest BCUT2D eigenvalue weighted by Crippen LogP contribution is -2.22. The molecule has 0 fully saturated rings. The second-order valence-corrected chi connectivity index (χ2v) is 10.4. The first-order valence-electron chi connectivity index (χ1n) is 10.9. The van der Waals surface area contributed by atoms with E-state index < -0.39 is 28.6 Å². The number of aliphatic hydroxyl groups is 2. The number of ether oxygens (including phenoxy) is 3. The van der Waals surface area contributed by atoms with Gasteiger partial charge in [-0.25, -0.2) is 17.8 Å². The molecule has 3 N–H and O–H groups in total. The lowest BCUT2D eigenvalue weighted by Gasteiger charge is -2.19. The molecule has 3 aromatic rings. The fourth-order valence-corrected chi connectivity index (χ4v) is 4.06. The number of aromatic nitrogens is 2. The topological polar surface area (TPSA) is 140 Å². The molecule has 2 aromatic carbocycles. The van der Waals surface area contributed by atoms with E-state index in [0.29, 0.717) is 0 Å². The summed E-state index contributed by atoms with van der Waals surface area (Å²) in [6.07, 6.45) is -0.213. The molecule has 0 amide bonds. The number of methoxy groups -OCH3 is 1. The molecule has 0 spiro atoms. The predicted octanol–water partition coefficient (Wildman–Crippen LogP) is 3.25. The Hall–Kier alpha value is -3.48. The first-order chi connectivity index (χ1) is 17.0. The molecule has 1 atom stereocenters. The SMILES string of the molecule is COc1c(F)cccc1Oc1c(NS(=O)(=O)c2ccc(C(C)(C)C)cc2)ncnc1OCC(O)CO. The number of halogens is 1. The second-order valence-electron chi connectivity index (χ2n) is 8.76. The molecule has 0 saturated carbocycles. The van der Waals surface area contributed by atoms with E-state index in [-0.39, 0.29) is 45.9 Å². The third kappa shape index (κ3) is 6.39. The average Bonchev–Trinajstić information content (AvgIpc) is 2.83. The van der Waals surface area contributed by atoms with Crippen molar-refractivity contribution in [1.82, 2.24) is 9.97 Å². The van der Waals surface area contributed by atoms with Crippen LogP contribution in [0.3, 0.4) is 0 Å². The highest BCUT2D eigenvalue weighted by Crippen LogP contribution is 2.41. The molecule has 12 heteroatoms. The molecule has 0 aliphatic carbocycles. The Kier molecular flexibility index (Phi) is 8.33. The quantitative estimate of drug-likeness (QED) is 0.367. The molecule has 0 aliphatic rings. The van der Waals surface area contributed by atoms with Crippen molar-refractivity contribution >= 4 is 15.8 Å². The molecular weight excluding hydrogens is 493 g/mol. The maximum absolute atomic E-state index is 14.2. The zero-order chi connectivity index (χ0) is 26.5. The van der Waals surface area contributed by atoms with Crippen molar-refractivity contribution in [3.63, 3.8) is 0 Å². The fourth-order valence-electron chi connectivity index (χ4n) is 3.05. The lowest BCUT2D eigenvalue weighted by atomic mass is 9.87. The molecule has 1 aromatic heterocycles. The summed E-state index contributed by atoms with van der Waals surface area (Å²) in [5.41, 5.74) is 0.780. The summed E-state index contributed by atoms with van der Waals surface area (Å²) in [5, 5.41) is 18.7. The van der Waals surface area contributed by atoms with Gasteiger partial charge >= 0.3 is 0 Å². The Labute approximate surface area is 208 Å². The molecule has 0 saturated heterocycles. The summed E-state index contributed by atoms with van der Waals surface area (Å²) in [4.78, 5) is 7.89. The number of anilines is 1. The van der Waals surface area contributed by atoms with Gasteiger partial charge in [-0.1, -0.05) is 39.0 Å². The van der Waals surface area contributed by atoms with E-state index in [1.165, 1.54) is 31.4 Å². The van der Waals surface area contributed by atoms with Crippen LogP contribution in [0, 0.1) is 5.82 Å². The van der Waals surface area contributed by atoms with Crippen molar-refractivity contribution in [3.05, 3.63) is 60.2 Å². The van der Waals surface area contributed by atoms with E-state index in [2.05, 4.69) is 14.7 Å². The van der Waals surface area contributed by atoms with Crippen molar-refractivity contribution in [3.8, 4) is 23.1 Å². The van der Waals surface area contributed by atoms with Crippen LogP contribution in [-0.2, 0) is 15.4 Å². The van der Waals surface area contributed by atoms with Gasteiger partial charge in [0.25, 0.3) is 15.9 Å². The number of rotatable bonds is 10. The summed E-state index contributed by atoms with van der Waals surface area (Å²) >= 11 is 0. The van der Waals surface area contributed by atoms with Gasteiger partial charge < -0.3 is 24.4 Å². The van der Waals surface area contributed by atoms with Crippen LogP contribution in [-0.4, -0.2) is 55.0 Å². The van der Waals surface area contributed by atoms with Gasteiger partial charge in [-0.3, -0.25) is 4.72 Å². The summed E-state index contributed by atoms with van der Waals surface area (Å²) < 4.78 is 59.1. The van der Waals surface area contributed by atoms with Crippen molar-refractivity contribution in [2.45, 2.75) is 37.2 Å². The summed E-state index contributed by atoms with van der Waals surface area (Å²) in [6, 6.07) is 10.3. The van der Waals surface area contributed by atoms with Crippen molar-refractivity contribution in [2.75, 3.05) is 25.0 Å². The Morgan fingerprint density at radius 2 is 1.78 bits per heavy atom. The van der Waals surface area contributed by atoms with E-state index in [4.69, 9.17) is 19.3 Å². The van der Waals surface area contributed by atoms with Crippen molar-refractivity contribution in [1.29, 1.82) is 0 Å². The van der Waals surface area contributed by atoms with E-state index >= 15 is 0 Å². The number of hydrogen-bond donors (Lipinski definition) is 3. The second kappa shape index (κ2) is 11.1. The van der Waals surface area contributed by atoms with Gasteiger partial charge in [0.2, 0.25) is 5.75 Å². The molecule has 194 valence electrons. The normalized spacial score (nSPS) is 12.6. The number of nitrogens with zero attached hydrogens (tertiary/aromatic N) is 2. The minimum Gasteiger partial charge on any atom is -0.490 e. The summed E-state index contributed by atoms with van der Waals surface area (Å²) in [7, 11) is -2.89. The summed E-state index contributed by atoms with van der Waals surface area (Å²) in [6.45, 7) is 5.06. The van der Waals surface area contributed by atoms with Gasteiger partial charge in [-0.05, 0) is 35.2 Å². The molecule has 3 rings (SSSR count). The molecule has 0 radical (unpaired) electrons. The Morgan fingerprint density at radius 3 is 2.39 bits per heavy atom. The monoisotopic (exact) mass is 521 g/mol. The number of aliphatic hydroxyl groups excluding tert-OH is 2. The smallest absolute Gasteiger partial charge is 0.263 e. The van der Waals surface area contributed by atoms with Gasteiger partial charge in [-0.2, -0.15) is 4.98 Å². The first-order valence-corrected chi connectivity index (χ1v) is 12.3. The third-order valence-electron chi connectivity index (χ3n) is 5.00. The van der Waals surface area contributed by atoms with Crippen molar-refractivity contribution < 1.29 is 37.2 Å². The highest BCUT2D eigenvalue weighted by atomic mass is 32.2. The van der Waals surface area contributed by atoms with E-state index in [1.54, 1.807) is 12.1 Å². The van der Waals surface area contributed by atoms with Gasteiger partial charge in [0, 0.05) is 0 Å². The number of hydrogen-bond acceptors (Lipinski definition) is 9. The summed E-state index contributed by atoms with van der Waals surface area (Å²) in [5.74, 6) is -1.93. The molecule has 0 bridgehead atoms. The van der Waals surface area contributed by atoms with Crippen LogP contribution in [0.25, 0.3) is 0 Å². The van der Waals surface area contributed by atoms with Crippen LogP contribution in [0.1, 0.15) is 26.3 Å². The molecule has 36 heavy (non-hydrogen) atoms. The Balaban J connectivity index is 2.02. The van der Waals surface area contributed by atoms with Gasteiger partial charge in [0.1, 0.15) is 19.0 Å². The zero-order valence-corrected chi connectivity index (χ0v) is 21.0. The fraction of sp³-hybridized carbons (Fsp3) is 0.333. The molecule has 1 unspecified atom stereocenters. The molecule has 10 nitrogen and oxygen atoms in total. The third-order valence-corrected chi connectivity index (χ3v) is 6.36. The number of nitrogens with one attached hydrogen (secondary N) is 1. The average molecular weight is 522 g/mol. The van der Waals surface area contributed by atoms with Crippen LogP contribution in [0.15, 0.2) is 53.7 Å². The van der Waals surface area contributed by atoms with Gasteiger partial charge in [-0.15, -0.1) is 0 Å². The highest BCUT2D eigenvalue weighted by Gasteiger charge is 2.25. The van der Waals surface area contributed by atoms with Gasteiger partial charge in [0.05, 0.1) is 18.6 Å². The number of para-hydroxylation sites is 1. The van der Waals surface area contributed by atoms with E-state index in [9.17, 15) is 17.9 Å². The standard InChI is InChI=1S/C24H28FN3O7S/c1-24(2,3)15-8-10-17(11-9-15)36(31,32)28-22-21(23(27-14-26-22)34-13-16(30)12-29)35-19-7-5-6-18(25)20(19)33-4/h5-11,14,16,29-30H,12-13H2,1-4H3,(H,26,27,28). The highest BCUT2D eigenvalue weighted by molar-refractivity contribution is 7.92. The Bertz CT molecular complexity index is 1300. The van der Waals surface area contributed by atoms with Crippen LogP contribution < -0.4 is 18.9 Å². The maximum Gasteiger partial charge on any atom is 0.263 e.